The Kier molecular flexibility index (Phi) is 2.91. The number of rotatable bonds is 1. The lowest BCUT2D eigenvalue weighted by Crippen LogP contribution is -2.06. The van der Waals surface area contributed by atoms with Crippen molar-refractivity contribution in [1.29, 1.82) is 0 Å². The second-order valence-corrected chi connectivity index (χ2v) is 5.32. The predicted molar refractivity (Wildman–Crippen MR) is 88.8 cm³/mol. The number of esters is 1. The quantitative estimate of drug-likeness (QED) is 0.231. The number of hydrogen-bond donors (Lipinski definition) is 0. The molecule has 0 saturated heterocycles. The third-order valence-corrected chi connectivity index (χ3v) is 3.81. The average Bonchev–Trinajstić information content (AvgIpc) is 2.55. The predicted octanol–water partition coefficient (Wildman–Crippen LogP) is 4.02. The van der Waals surface area contributed by atoms with Crippen molar-refractivity contribution in [3.8, 4) is 5.75 Å². The smallest absolute Gasteiger partial charge is 0.308 e. The third-order valence-electron chi connectivity index (χ3n) is 3.81. The highest BCUT2D eigenvalue weighted by atomic mass is 16.5. The van der Waals surface area contributed by atoms with E-state index in [1.807, 2.05) is 30.3 Å². The molecular weight excluding hydrogens is 292 g/mol. The molecule has 0 aliphatic carbocycles. The lowest BCUT2D eigenvalue weighted by molar-refractivity contribution is -0.131. The van der Waals surface area contributed by atoms with Gasteiger partial charge >= 0.3 is 5.97 Å². The highest BCUT2D eigenvalue weighted by molar-refractivity contribution is 6.08. The standard InChI is InChI=1S/C19H12O4/c1-11(20)22-16-8-4-7-14-18(21)17-13-6-3-2-5-12(13)9-10-15(17)23-19(14)16/h2-10H,1H3. The second kappa shape index (κ2) is 4.95. The number of hydrogen-bond acceptors (Lipinski definition) is 4. The minimum atomic E-state index is -0.459. The van der Waals surface area contributed by atoms with Crippen LogP contribution in [0.1, 0.15) is 6.92 Å². The Morgan fingerprint density at radius 1 is 0.957 bits per heavy atom. The monoisotopic (exact) mass is 304 g/mol. The number of ether oxygens (including phenoxy) is 1. The van der Waals surface area contributed by atoms with E-state index in [1.165, 1.54) is 6.92 Å². The van der Waals surface area contributed by atoms with Crippen LogP contribution < -0.4 is 10.2 Å². The Hall–Kier alpha value is -3.14. The molecule has 3 aromatic carbocycles. The molecule has 0 fully saturated rings. The molecule has 0 aliphatic heterocycles. The molecule has 0 atom stereocenters. The molecule has 0 amide bonds. The molecule has 4 nitrogen and oxygen atoms in total. The van der Waals surface area contributed by atoms with Crippen LogP contribution >= 0.6 is 0 Å². The van der Waals surface area contributed by atoms with Crippen LogP contribution in [0, 0.1) is 0 Å². The van der Waals surface area contributed by atoms with Gasteiger partial charge in [0, 0.05) is 6.92 Å². The highest BCUT2D eigenvalue weighted by Crippen LogP contribution is 2.30. The van der Waals surface area contributed by atoms with Gasteiger partial charge in [0.1, 0.15) is 5.58 Å². The topological polar surface area (TPSA) is 56.5 Å². The van der Waals surface area contributed by atoms with Crippen molar-refractivity contribution < 1.29 is 13.9 Å². The summed E-state index contributed by atoms with van der Waals surface area (Å²) in [5.41, 5.74) is 0.628. The average molecular weight is 304 g/mol. The Balaban J connectivity index is 2.19. The maximum absolute atomic E-state index is 12.9. The van der Waals surface area contributed by atoms with Gasteiger partial charge in [-0.05, 0) is 29.0 Å². The minimum absolute atomic E-state index is 0.132. The second-order valence-electron chi connectivity index (χ2n) is 5.32. The fourth-order valence-corrected chi connectivity index (χ4v) is 2.85. The fourth-order valence-electron chi connectivity index (χ4n) is 2.85. The molecule has 1 heterocycles. The van der Waals surface area contributed by atoms with Crippen LogP contribution in [0.2, 0.25) is 0 Å². The zero-order valence-corrected chi connectivity index (χ0v) is 12.3. The first-order valence-electron chi connectivity index (χ1n) is 7.21. The lowest BCUT2D eigenvalue weighted by atomic mass is 10.0. The minimum Gasteiger partial charge on any atom is -0.452 e. The van der Waals surface area contributed by atoms with Gasteiger partial charge in [-0.15, -0.1) is 0 Å². The summed E-state index contributed by atoms with van der Waals surface area (Å²) in [4.78, 5) is 24.2. The van der Waals surface area contributed by atoms with E-state index in [4.69, 9.17) is 9.15 Å². The van der Waals surface area contributed by atoms with Gasteiger partial charge in [-0.25, -0.2) is 0 Å². The maximum atomic E-state index is 12.9. The van der Waals surface area contributed by atoms with Crippen molar-refractivity contribution >= 4 is 38.7 Å². The molecule has 0 saturated carbocycles. The first-order valence-corrected chi connectivity index (χ1v) is 7.21. The van der Waals surface area contributed by atoms with E-state index in [1.54, 1.807) is 24.3 Å². The maximum Gasteiger partial charge on any atom is 0.308 e. The van der Waals surface area contributed by atoms with Gasteiger partial charge in [-0.2, -0.15) is 0 Å². The Labute approximate surface area is 130 Å². The Morgan fingerprint density at radius 3 is 2.57 bits per heavy atom. The summed E-state index contributed by atoms with van der Waals surface area (Å²) in [6.07, 6.45) is 0. The molecule has 4 rings (SSSR count). The first kappa shape index (κ1) is 13.5. The van der Waals surface area contributed by atoms with E-state index >= 15 is 0 Å². The summed E-state index contributed by atoms with van der Waals surface area (Å²) >= 11 is 0. The van der Waals surface area contributed by atoms with E-state index in [-0.39, 0.29) is 16.8 Å². The molecular formula is C19H12O4. The van der Waals surface area contributed by atoms with E-state index in [2.05, 4.69) is 0 Å². The van der Waals surface area contributed by atoms with Gasteiger partial charge < -0.3 is 9.15 Å². The van der Waals surface area contributed by atoms with E-state index < -0.39 is 5.97 Å². The molecule has 0 unspecified atom stereocenters. The molecule has 0 bridgehead atoms. The van der Waals surface area contributed by atoms with Gasteiger partial charge in [0.2, 0.25) is 5.43 Å². The zero-order valence-electron chi connectivity index (χ0n) is 12.3. The third kappa shape index (κ3) is 2.07. The van der Waals surface area contributed by atoms with Gasteiger partial charge in [0.15, 0.2) is 11.3 Å². The molecule has 0 spiro atoms. The molecule has 0 radical (unpaired) electrons. The number of para-hydroxylation sites is 1. The van der Waals surface area contributed by atoms with Gasteiger partial charge in [-0.3, -0.25) is 9.59 Å². The summed E-state index contributed by atoms with van der Waals surface area (Å²) in [5, 5.41) is 2.75. The number of fused-ring (bicyclic) bond motifs is 4. The number of carbonyl (C=O) groups excluding carboxylic acids is 1. The van der Waals surface area contributed by atoms with Gasteiger partial charge in [0.05, 0.1) is 10.8 Å². The largest absolute Gasteiger partial charge is 0.452 e. The van der Waals surface area contributed by atoms with E-state index in [0.717, 1.165) is 10.8 Å². The summed E-state index contributed by atoms with van der Waals surface area (Å²) in [6.45, 7) is 1.31. The van der Waals surface area contributed by atoms with Crippen molar-refractivity contribution in [2.24, 2.45) is 0 Å². The fraction of sp³-hybridized carbons (Fsp3) is 0.0526. The van der Waals surface area contributed by atoms with Crippen LogP contribution in [0.25, 0.3) is 32.7 Å². The lowest BCUT2D eigenvalue weighted by Gasteiger charge is -2.08. The molecule has 4 aromatic rings. The van der Waals surface area contributed by atoms with Crippen molar-refractivity contribution in [3.63, 3.8) is 0 Å². The first-order chi connectivity index (χ1) is 11.1. The summed E-state index contributed by atoms with van der Waals surface area (Å²) in [6, 6.07) is 16.3. The molecule has 1 aromatic heterocycles. The van der Waals surface area contributed by atoms with Gasteiger partial charge in [0.25, 0.3) is 0 Å². The molecule has 4 heteroatoms. The Morgan fingerprint density at radius 2 is 1.74 bits per heavy atom. The van der Waals surface area contributed by atoms with Crippen molar-refractivity contribution in [2.45, 2.75) is 6.92 Å². The Bertz CT molecular complexity index is 1140. The summed E-state index contributed by atoms with van der Waals surface area (Å²) in [5.74, 6) is -0.207. The molecule has 0 N–H and O–H groups in total. The highest BCUT2D eigenvalue weighted by Gasteiger charge is 2.14. The normalized spacial score (nSPS) is 11.2. The van der Waals surface area contributed by atoms with Crippen molar-refractivity contribution in [1.82, 2.24) is 0 Å². The van der Waals surface area contributed by atoms with Crippen LogP contribution in [0.5, 0.6) is 5.75 Å². The van der Waals surface area contributed by atoms with Crippen LogP contribution in [0.15, 0.2) is 63.8 Å². The molecule has 23 heavy (non-hydrogen) atoms. The van der Waals surface area contributed by atoms with Crippen LogP contribution in [0.4, 0.5) is 0 Å². The van der Waals surface area contributed by atoms with Crippen LogP contribution in [0.3, 0.4) is 0 Å². The van der Waals surface area contributed by atoms with E-state index in [9.17, 15) is 9.59 Å². The van der Waals surface area contributed by atoms with Crippen LogP contribution in [-0.4, -0.2) is 5.97 Å². The van der Waals surface area contributed by atoms with Crippen LogP contribution in [-0.2, 0) is 4.79 Å². The SMILES string of the molecule is CC(=O)Oc1cccc2c(=O)c3c(ccc4ccccc43)oc12. The zero-order chi connectivity index (χ0) is 16.0. The number of benzene rings is 3. The molecule has 112 valence electrons. The van der Waals surface area contributed by atoms with Crippen molar-refractivity contribution in [3.05, 3.63) is 64.8 Å². The van der Waals surface area contributed by atoms with E-state index in [0.29, 0.717) is 16.4 Å². The van der Waals surface area contributed by atoms with Crippen molar-refractivity contribution in [2.75, 3.05) is 0 Å². The van der Waals surface area contributed by atoms with Gasteiger partial charge in [-0.1, -0.05) is 36.4 Å². The molecule has 0 aliphatic rings. The number of carbonyl (C=O) groups is 1. The summed E-state index contributed by atoms with van der Waals surface area (Å²) in [7, 11) is 0. The summed E-state index contributed by atoms with van der Waals surface area (Å²) < 4.78 is 11.0.